The van der Waals surface area contributed by atoms with Crippen LogP contribution in [-0.2, 0) is 0 Å². The molecule has 0 aliphatic rings. The van der Waals surface area contributed by atoms with Crippen LogP contribution in [0.3, 0.4) is 0 Å². The summed E-state index contributed by atoms with van der Waals surface area (Å²) in [6.07, 6.45) is 8.43. The highest BCUT2D eigenvalue weighted by Gasteiger charge is 1.78. The summed E-state index contributed by atoms with van der Waals surface area (Å²) >= 11 is 0. The molecular weight excluding hydrogens is 120 g/mol. The van der Waals surface area contributed by atoms with E-state index in [9.17, 15) is 0 Å². The molecule has 0 N–H and O–H groups in total. The van der Waals surface area contributed by atoms with Crippen molar-refractivity contribution in [3.8, 4) is 0 Å². The molecule has 0 heterocycles. The van der Waals surface area contributed by atoms with Crippen LogP contribution in [0, 0.1) is 0 Å². The third-order valence-electron chi connectivity index (χ3n) is 1.52. The minimum absolute atomic E-state index is 1.31. The van der Waals surface area contributed by atoms with Crippen LogP contribution >= 0.6 is 0 Å². The highest BCUT2D eigenvalue weighted by Crippen LogP contribution is 1.99. The number of rotatable bonds is 2. The molecule has 0 aromatic heterocycles. The fourth-order valence-electron chi connectivity index (χ4n) is 0.455. The molecule has 0 aromatic rings. The van der Waals surface area contributed by atoms with Gasteiger partial charge in [-0.15, -0.1) is 0 Å². The molecule has 0 aliphatic heterocycles. The summed E-state index contributed by atoms with van der Waals surface area (Å²) in [6, 6.07) is 0. The Morgan fingerprint density at radius 3 is 1.30 bits per heavy atom. The Kier molecular flexibility index (Phi) is 4.65. The molecule has 0 amide bonds. The Bertz CT molecular complexity index is 148. The molecule has 0 fully saturated rings. The Morgan fingerprint density at radius 1 is 0.800 bits per heavy atom. The van der Waals surface area contributed by atoms with Gasteiger partial charge >= 0.3 is 0 Å². The molecular formula is C10H16. The first-order valence-corrected chi connectivity index (χ1v) is 3.64. The largest absolute Gasteiger partial charge is 0.0847 e. The summed E-state index contributed by atoms with van der Waals surface area (Å²) in [7, 11) is 0. The van der Waals surface area contributed by atoms with Gasteiger partial charge in [0.25, 0.3) is 0 Å². The topological polar surface area (TPSA) is 0 Å². The predicted molar refractivity (Wildman–Crippen MR) is 48.0 cm³/mol. The lowest BCUT2D eigenvalue weighted by molar-refractivity contribution is 1.43. The van der Waals surface area contributed by atoms with Gasteiger partial charge in [0.2, 0.25) is 0 Å². The zero-order valence-corrected chi connectivity index (χ0v) is 7.31. The van der Waals surface area contributed by atoms with Crippen molar-refractivity contribution in [3.63, 3.8) is 0 Å². The van der Waals surface area contributed by atoms with E-state index >= 15 is 0 Å². The van der Waals surface area contributed by atoms with Crippen molar-refractivity contribution in [3.05, 3.63) is 35.5 Å². The molecule has 0 saturated heterocycles. The van der Waals surface area contributed by atoms with Gasteiger partial charge in [0.15, 0.2) is 0 Å². The highest BCUT2D eigenvalue weighted by molar-refractivity contribution is 5.24. The molecule has 0 aliphatic carbocycles. The Labute approximate surface area is 64.0 Å². The molecule has 0 aromatic carbocycles. The van der Waals surface area contributed by atoms with Crippen LogP contribution in [0.4, 0.5) is 0 Å². The van der Waals surface area contributed by atoms with E-state index in [4.69, 9.17) is 0 Å². The van der Waals surface area contributed by atoms with E-state index in [1.54, 1.807) is 0 Å². The van der Waals surface area contributed by atoms with Gasteiger partial charge in [0.05, 0.1) is 0 Å². The van der Waals surface area contributed by atoms with Crippen molar-refractivity contribution in [2.75, 3.05) is 0 Å². The van der Waals surface area contributed by atoms with E-state index in [0.29, 0.717) is 0 Å². The van der Waals surface area contributed by atoms with Crippen molar-refractivity contribution in [2.24, 2.45) is 0 Å². The Morgan fingerprint density at radius 2 is 1.10 bits per heavy atom. The molecule has 0 rings (SSSR count). The molecule has 0 unspecified atom stereocenters. The van der Waals surface area contributed by atoms with Crippen molar-refractivity contribution < 1.29 is 0 Å². The molecule has 10 heavy (non-hydrogen) atoms. The standard InChI is InChI=1S/C10H16/c1-5-9(3)7-8-10(4)6-2/h5-8H,1-4H3/b8-7-,9-5-,10-6-. The van der Waals surface area contributed by atoms with Crippen LogP contribution in [0.5, 0.6) is 0 Å². The zero-order valence-electron chi connectivity index (χ0n) is 7.31. The molecule has 0 bridgehead atoms. The van der Waals surface area contributed by atoms with Gasteiger partial charge in [-0.2, -0.15) is 0 Å². The summed E-state index contributed by atoms with van der Waals surface area (Å²) < 4.78 is 0. The van der Waals surface area contributed by atoms with Gasteiger partial charge in [0.1, 0.15) is 0 Å². The smallest absolute Gasteiger partial charge is 0.0401 e. The quantitative estimate of drug-likeness (QED) is 0.510. The van der Waals surface area contributed by atoms with Crippen LogP contribution in [-0.4, -0.2) is 0 Å². The fourth-order valence-corrected chi connectivity index (χ4v) is 0.455. The Hall–Kier alpha value is -0.780. The lowest BCUT2D eigenvalue weighted by Gasteiger charge is -1.89. The lowest BCUT2D eigenvalue weighted by Crippen LogP contribution is -1.67. The second-order valence-electron chi connectivity index (χ2n) is 2.40. The van der Waals surface area contributed by atoms with Crippen LogP contribution in [0.25, 0.3) is 0 Å². The molecule has 0 nitrogen and oxygen atoms in total. The lowest BCUT2D eigenvalue weighted by atomic mass is 10.2. The van der Waals surface area contributed by atoms with Crippen molar-refractivity contribution in [1.29, 1.82) is 0 Å². The summed E-state index contributed by atoms with van der Waals surface area (Å²) in [5, 5.41) is 0. The monoisotopic (exact) mass is 136 g/mol. The molecule has 0 radical (unpaired) electrons. The molecule has 0 heteroatoms. The fraction of sp³-hybridized carbons (Fsp3) is 0.400. The maximum absolute atomic E-state index is 2.12. The third-order valence-corrected chi connectivity index (χ3v) is 1.52. The van der Waals surface area contributed by atoms with E-state index in [2.05, 4.69) is 38.2 Å². The van der Waals surface area contributed by atoms with E-state index in [1.165, 1.54) is 11.1 Å². The minimum atomic E-state index is 1.31. The van der Waals surface area contributed by atoms with Gasteiger partial charge in [-0.1, -0.05) is 35.5 Å². The van der Waals surface area contributed by atoms with E-state index in [-0.39, 0.29) is 0 Å². The van der Waals surface area contributed by atoms with Gasteiger partial charge in [-0.05, 0) is 27.7 Å². The number of hydrogen-bond donors (Lipinski definition) is 0. The van der Waals surface area contributed by atoms with Gasteiger partial charge in [0, 0.05) is 0 Å². The second-order valence-corrected chi connectivity index (χ2v) is 2.40. The first-order chi connectivity index (χ1) is 4.70. The van der Waals surface area contributed by atoms with Crippen LogP contribution in [0.2, 0.25) is 0 Å². The third kappa shape index (κ3) is 4.13. The average molecular weight is 136 g/mol. The molecule has 0 spiro atoms. The molecule has 0 saturated carbocycles. The number of hydrogen-bond acceptors (Lipinski definition) is 0. The summed E-state index contributed by atoms with van der Waals surface area (Å²) in [5.74, 6) is 0. The normalized spacial score (nSPS) is 14.8. The average Bonchev–Trinajstić information content (AvgIpc) is 1.99. The van der Waals surface area contributed by atoms with E-state index < -0.39 is 0 Å². The summed E-state index contributed by atoms with van der Waals surface area (Å²) in [6.45, 7) is 8.29. The van der Waals surface area contributed by atoms with Crippen molar-refractivity contribution >= 4 is 0 Å². The van der Waals surface area contributed by atoms with Gasteiger partial charge in [-0.3, -0.25) is 0 Å². The molecule has 0 atom stereocenters. The Balaban J connectivity index is 4.01. The van der Waals surface area contributed by atoms with Crippen molar-refractivity contribution in [2.45, 2.75) is 27.7 Å². The van der Waals surface area contributed by atoms with Crippen molar-refractivity contribution in [1.82, 2.24) is 0 Å². The first-order valence-electron chi connectivity index (χ1n) is 3.64. The minimum Gasteiger partial charge on any atom is -0.0847 e. The van der Waals surface area contributed by atoms with Gasteiger partial charge in [-0.25, -0.2) is 0 Å². The summed E-state index contributed by atoms with van der Waals surface area (Å²) in [5.41, 5.74) is 2.61. The second kappa shape index (κ2) is 5.04. The van der Waals surface area contributed by atoms with Crippen LogP contribution in [0.1, 0.15) is 27.7 Å². The first kappa shape index (κ1) is 9.22. The maximum Gasteiger partial charge on any atom is -0.0401 e. The highest BCUT2D eigenvalue weighted by atomic mass is 13.8. The van der Waals surface area contributed by atoms with E-state index in [1.807, 2.05) is 13.8 Å². The summed E-state index contributed by atoms with van der Waals surface area (Å²) in [4.78, 5) is 0. The zero-order chi connectivity index (χ0) is 7.98. The maximum atomic E-state index is 2.12. The predicted octanol–water partition coefficient (Wildman–Crippen LogP) is 3.48. The number of allylic oxidation sites excluding steroid dienone is 6. The molecule has 56 valence electrons. The van der Waals surface area contributed by atoms with Gasteiger partial charge < -0.3 is 0 Å². The SMILES string of the molecule is C\C=C(C)/C=C\C(C)=C/C. The van der Waals surface area contributed by atoms with E-state index in [0.717, 1.165) is 0 Å². The van der Waals surface area contributed by atoms with Crippen LogP contribution in [0.15, 0.2) is 35.5 Å². The van der Waals surface area contributed by atoms with Crippen LogP contribution < -0.4 is 0 Å².